The van der Waals surface area contributed by atoms with E-state index in [-0.39, 0.29) is 0 Å². The van der Waals surface area contributed by atoms with Gasteiger partial charge in [-0.3, -0.25) is 0 Å². The molecule has 0 unspecified atom stereocenters. The van der Waals surface area contributed by atoms with Crippen LogP contribution in [0.5, 0.6) is 5.75 Å². The van der Waals surface area contributed by atoms with E-state index in [1.807, 2.05) is 20.0 Å². The fraction of sp³-hybridized carbons (Fsp3) is 0.429. The van der Waals surface area contributed by atoms with Crippen LogP contribution in [0.15, 0.2) is 24.3 Å². The zero-order valence-electron chi connectivity index (χ0n) is 16.6. The van der Waals surface area contributed by atoms with Gasteiger partial charge in [0.2, 0.25) is 5.95 Å². The third-order valence-electron chi connectivity index (χ3n) is 4.62. The van der Waals surface area contributed by atoms with Crippen LogP contribution >= 0.6 is 0 Å². The van der Waals surface area contributed by atoms with E-state index in [1.54, 1.807) is 0 Å². The van der Waals surface area contributed by atoms with Gasteiger partial charge in [-0.05, 0) is 37.6 Å². The van der Waals surface area contributed by atoms with Gasteiger partial charge >= 0.3 is 0 Å². The molecule has 0 saturated heterocycles. The van der Waals surface area contributed by atoms with Crippen LogP contribution < -0.4 is 20.7 Å². The van der Waals surface area contributed by atoms with Crippen LogP contribution in [-0.2, 0) is 6.42 Å². The molecule has 0 amide bonds. The number of aromatic nitrogens is 2. The van der Waals surface area contributed by atoms with E-state index < -0.39 is 0 Å². The second-order valence-corrected chi connectivity index (χ2v) is 6.59. The summed E-state index contributed by atoms with van der Waals surface area (Å²) in [4.78, 5) is 9.01. The van der Waals surface area contributed by atoms with E-state index in [0.29, 0.717) is 5.95 Å². The van der Waals surface area contributed by atoms with Crippen molar-refractivity contribution in [2.24, 2.45) is 0 Å². The minimum Gasteiger partial charge on any atom is -0.492 e. The van der Waals surface area contributed by atoms with Crippen LogP contribution in [0.3, 0.4) is 0 Å². The van der Waals surface area contributed by atoms with Gasteiger partial charge < -0.3 is 20.7 Å². The molecule has 6 nitrogen and oxygen atoms in total. The Kier molecular flexibility index (Phi) is 6.29. The Balaban J connectivity index is 1.95. The number of allylic oxidation sites excluding steroid dienone is 1. The van der Waals surface area contributed by atoms with Gasteiger partial charge in [-0.25, -0.2) is 4.98 Å². The zero-order valence-corrected chi connectivity index (χ0v) is 16.6. The SMILES string of the molecule is CCNC/C=C(\CC)c1cc(Nc2nc(C)cc(NC)n2)cc2c1OCC2. The third kappa shape index (κ3) is 4.57. The number of aryl methyl sites for hydroxylation is 1. The quantitative estimate of drug-likeness (QED) is 0.615. The van der Waals surface area contributed by atoms with Gasteiger partial charge in [-0.2, -0.15) is 4.98 Å². The smallest absolute Gasteiger partial charge is 0.229 e. The standard InChI is InChI=1S/C21H29N5O/c1-5-15(7-9-23-6-2)18-13-17(12-16-8-10-27-20(16)18)25-21-24-14(3)11-19(22-4)26-21/h7,11-13,23H,5-6,8-10H2,1-4H3,(H2,22,24,25,26)/b15-7+. The highest BCUT2D eigenvalue weighted by Gasteiger charge is 2.20. The molecule has 1 aromatic carbocycles. The maximum absolute atomic E-state index is 5.95. The lowest BCUT2D eigenvalue weighted by atomic mass is 9.98. The first-order valence-electron chi connectivity index (χ1n) is 9.64. The Bertz CT molecular complexity index is 832. The summed E-state index contributed by atoms with van der Waals surface area (Å²) in [7, 11) is 1.86. The average Bonchev–Trinajstić information content (AvgIpc) is 3.13. The summed E-state index contributed by atoms with van der Waals surface area (Å²) in [6.45, 7) is 8.82. The van der Waals surface area contributed by atoms with Crippen molar-refractivity contribution in [2.45, 2.75) is 33.6 Å². The summed E-state index contributed by atoms with van der Waals surface area (Å²) >= 11 is 0. The van der Waals surface area contributed by atoms with Crippen molar-refractivity contribution in [1.82, 2.24) is 15.3 Å². The van der Waals surface area contributed by atoms with Gasteiger partial charge in [0.15, 0.2) is 0 Å². The van der Waals surface area contributed by atoms with Crippen molar-refractivity contribution in [3.8, 4) is 5.75 Å². The molecule has 1 aliphatic heterocycles. The largest absolute Gasteiger partial charge is 0.492 e. The van der Waals surface area contributed by atoms with Crippen LogP contribution in [0.25, 0.3) is 5.57 Å². The minimum atomic E-state index is 0.596. The van der Waals surface area contributed by atoms with Crippen molar-refractivity contribution >= 4 is 23.0 Å². The van der Waals surface area contributed by atoms with Gasteiger partial charge in [0.25, 0.3) is 0 Å². The molecule has 0 bridgehead atoms. The Hall–Kier alpha value is -2.60. The van der Waals surface area contributed by atoms with E-state index in [9.17, 15) is 0 Å². The minimum absolute atomic E-state index is 0.596. The van der Waals surface area contributed by atoms with Gasteiger partial charge in [-0.15, -0.1) is 0 Å². The molecule has 0 fully saturated rings. The zero-order chi connectivity index (χ0) is 19.2. The summed E-state index contributed by atoms with van der Waals surface area (Å²) in [6.07, 6.45) is 4.14. The lowest BCUT2D eigenvalue weighted by molar-refractivity contribution is 0.356. The van der Waals surface area contributed by atoms with Gasteiger partial charge in [0.05, 0.1) is 6.61 Å². The molecule has 1 aromatic heterocycles. The molecule has 1 aliphatic rings. The summed E-state index contributed by atoms with van der Waals surface area (Å²) in [6, 6.07) is 6.22. The molecule has 0 radical (unpaired) electrons. The lowest BCUT2D eigenvalue weighted by Gasteiger charge is -2.15. The highest BCUT2D eigenvalue weighted by molar-refractivity contribution is 5.77. The molecule has 2 aromatic rings. The molecule has 0 aliphatic carbocycles. The summed E-state index contributed by atoms with van der Waals surface area (Å²) < 4.78 is 5.95. The van der Waals surface area contributed by atoms with Crippen LogP contribution in [0.2, 0.25) is 0 Å². The lowest BCUT2D eigenvalue weighted by Crippen LogP contribution is -2.12. The molecule has 144 valence electrons. The number of likely N-dealkylation sites (N-methyl/N-ethyl adjacent to an activating group) is 1. The number of fused-ring (bicyclic) bond motifs is 1. The van der Waals surface area contributed by atoms with E-state index in [4.69, 9.17) is 4.74 Å². The van der Waals surface area contributed by atoms with Gasteiger partial charge in [0, 0.05) is 48.6 Å². The number of rotatable bonds is 8. The number of nitrogens with zero attached hydrogens (tertiary/aromatic N) is 2. The monoisotopic (exact) mass is 367 g/mol. The molecule has 3 N–H and O–H groups in total. The predicted molar refractivity (Wildman–Crippen MR) is 112 cm³/mol. The topological polar surface area (TPSA) is 71.1 Å². The number of hydrogen-bond donors (Lipinski definition) is 3. The van der Waals surface area contributed by atoms with Crippen molar-refractivity contribution in [3.63, 3.8) is 0 Å². The van der Waals surface area contributed by atoms with E-state index in [0.717, 1.165) is 61.1 Å². The number of ether oxygens (including phenoxy) is 1. The van der Waals surface area contributed by atoms with Crippen LogP contribution in [-0.4, -0.2) is 36.7 Å². The molecule has 0 spiro atoms. The first-order chi connectivity index (χ1) is 13.1. The number of hydrogen-bond acceptors (Lipinski definition) is 6. The maximum atomic E-state index is 5.95. The fourth-order valence-corrected chi connectivity index (χ4v) is 3.28. The highest BCUT2D eigenvalue weighted by atomic mass is 16.5. The second-order valence-electron chi connectivity index (χ2n) is 6.59. The van der Waals surface area contributed by atoms with Crippen LogP contribution in [0.1, 0.15) is 37.1 Å². The molecular weight excluding hydrogens is 338 g/mol. The van der Waals surface area contributed by atoms with E-state index >= 15 is 0 Å². The van der Waals surface area contributed by atoms with Crippen molar-refractivity contribution < 1.29 is 4.74 Å². The average molecular weight is 367 g/mol. The van der Waals surface area contributed by atoms with Crippen LogP contribution in [0.4, 0.5) is 17.5 Å². The fourth-order valence-electron chi connectivity index (χ4n) is 3.28. The Morgan fingerprint density at radius 2 is 2.07 bits per heavy atom. The third-order valence-corrected chi connectivity index (χ3v) is 4.62. The highest BCUT2D eigenvalue weighted by Crippen LogP contribution is 2.38. The number of nitrogens with one attached hydrogen (secondary N) is 3. The molecule has 6 heteroatoms. The number of benzene rings is 1. The van der Waals surface area contributed by atoms with Crippen molar-refractivity contribution in [1.29, 1.82) is 0 Å². The molecule has 0 atom stereocenters. The molecule has 27 heavy (non-hydrogen) atoms. The predicted octanol–water partition coefficient (Wildman–Crippen LogP) is 3.91. The summed E-state index contributed by atoms with van der Waals surface area (Å²) in [5.74, 6) is 2.42. The first-order valence-corrected chi connectivity index (χ1v) is 9.64. The molecule has 3 rings (SSSR count). The molecule has 2 heterocycles. The van der Waals surface area contributed by atoms with E-state index in [2.05, 4.69) is 58.0 Å². The van der Waals surface area contributed by atoms with Crippen LogP contribution in [0, 0.1) is 6.92 Å². The first kappa shape index (κ1) is 19.2. The van der Waals surface area contributed by atoms with Gasteiger partial charge in [0.1, 0.15) is 11.6 Å². The summed E-state index contributed by atoms with van der Waals surface area (Å²) in [5.41, 5.74) is 5.60. The Labute approximate surface area is 161 Å². The van der Waals surface area contributed by atoms with Crippen molar-refractivity contribution in [2.75, 3.05) is 37.4 Å². The second kappa shape index (κ2) is 8.86. The van der Waals surface area contributed by atoms with Gasteiger partial charge in [-0.1, -0.05) is 19.9 Å². The number of anilines is 3. The maximum Gasteiger partial charge on any atom is 0.229 e. The normalized spacial score (nSPS) is 13.3. The Morgan fingerprint density at radius 1 is 1.22 bits per heavy atom. The molecule has 0 saturated carbocycles. The molecular formula is C21H29N5O. The summed E-state index contributed by atoms with van der Waals surface area (Å²) in [5, 5.41) is 9.82. The van der Waals surface area contributed by atoms with Crippen molar-refractivity contribution in [3.05, 3.63) is 41.1 Å². The van der Waals surface area contributed by atoms with E-state index in [1.165, 1.54) is 11.1 Å². The Morgan fingerprint density at radius 3 is 2.81 bits per heavy atom.